The van der Waals surface area contributed by atoms with Gasteiger partial charge in [0, 0.05) is 10.6 Å². The van der Waals surface area contributed by atoms with Crippen molar-refractivity contribution in [2.24, 2.45) is 0 Å². The molecule has 21 heavy (non-hydrogen) atoms. The number of thioether (sulfide) groups is 1. The quantitative estimate of drug-likeness (QED) is 0.378. The molecule has 0 spiro atoms. The number of fused-ring (bicyclic) bond motifs is 3. The van der Waals surface area contributed by atoms with E-state index in [-0.39, 0.29) is 0 Å². The SMILES string of the molecule is Clc1nc(SCc2ccccc2)nc2sc3c(c12)CCC3. The highest BCUT2D eigenvalue weighted by atomic mass is 35.5. The average molecular weight is 333 g/mol. The molecule has 0 radical (unpaired) electrons. The largest absolute Gasteiger partial charge is 0.211 e. The van der Waals surface area contributed by atoms with Gasteiger partial charge in [0.05, 0.1) is 5.39 Å². The third kappa shape index (κ3) is 2.56. The van der Waals surface area contributed by atoms with Gasteiger partial charge in [-0.2, -0.15) is 0 Å². The summed E-state index contributed by atoms with van der Waals surface area (Å²) in [6.07, 6.45) is 3.52. The van der Waals surface area contributed by atoms with Crippen LogP contribution in [0.4, 0.5) is 0 Å². The fourth-order valence-corrected chi connectivity index (χ4v) is 5.23. The molecule has 3 aromatic rings. The average Bonchev–Trinajstić information content (AvgIpc) is 3.06. The summed E-state index contributed by atoms with van der Waals surface area (Å²) >= 11 is 9.84. The summed E-state index contributed by atoms with van der Waals surface area (Å²) < 4.78 is 0. The van der Waals surface area contributed by atoms with E-state index in [0.29, 0.717) is 5.15 Å². The van der Waals surface area contributed by atoms with Crippen molar-refractivity contribution < 1.29 is 0 Å². The number of nitrogens with zero attached hydrogens (tertiary/aromatic N) is 2. The van der Waals surface area contributed by atoms with Crippen LogP contribution in [0.2, 0.25) is 5.15 Å². The third-order valence-electron chi connectivity index (χ3n) is 3.71. The maximum atomic E-state index is 6.41. The molecular weight excluding hydrogens is 320 g/mol. The van der Waals surface area contributed by atoms with Crippen LogP contribution in [0.3, 0.4) is 0 Å². The lowest BCUT2D eigenvalue weighted by Crippen LogP contribution is -1.90. The zero-order chi connectivity index (χ0) is 14.2. The lowest BCUT2D eigenvalue weighted by Gasteiger charge is -2.03. The lowest BCUT2D eigenvalue weighted by atomic mass is 10.2. The van der Waals surface area contributed by atoms with Crippen LogP contribution in [0.15, 0.2) is 35.5 Å². The molecule has 106 valence electrons. The molecule has 5 heteroatoms. The monoisotopic (exact) mass is 332 g/mol. The first-order valence-corrected chi connectivity index (χ1v) is 9.14. The van der Waals surface area contributed by atoms with Crippen LogP contribution in [-0.2, 0) is 18.6 Å². The van der Waals surface area contributed by atoms with E-state index in [0.717, 1.165) is 27.5 Å². The summed E-state index contributed by atoms with van der Waals surface area (Å²) in [6.45, 7) is 0. The van der Waals surface area contributed by atoms with Crippen molar-refractivity contribution in [1.29, 1.82) is 0 Å². The summed E-state index contributed by atoms with van der Waals surface area (Å²) in [4.78, 5) is 11.7. The number of hydrogen-bond acceptors (Lipinski definition) is 4. The van der Waals surface area contributed by atoms with Gasteiger partial charge in [0.1, 0.15) is 9.98 Å². The Bertz CT molecular complexity index is 799. The smallest absolute Gasteiger partial charge is 0.190 e. The second-order valence-electron chi connectivity index (χ2n) is 5.11. The van der Waals surface area contributed by atoms with E-state index in [1.807, 2.05) is 6.07 Å². The molecule has 0 saturated carbocycles. The number of halogens is 1. The van der Waals surface area contributed by atoms with E-state index in [9.17, 15) is 0 Å². The minimum absolute atomic E-state index is 0.620. The molecule has 1 aliphatic carbocycles. The van der Waals surface area contributed by atoms with Crippen LogP contribution >= 0.6 is 34.7 Å². The van der Waals surface area contributed by atoms with E-state index in [1.165, 1.54) is 28.8 Å². The number of hydrogen-bond donors (Lipinski definition) is 0. The molecule has 4 rings (SSSR count). The topological polar surface area (TPSA) is 25.8 Å². The minimum atomic E-state index is 0.620. The van der Waals surface area contributed by atoms with Crippen molar-refractivity contribution in [2.45, 2.75) is 30.2 Å². The summed E-state index contributed by atoms with van der Waals surface area (Å²) in [7, 11) is 0. The first kappa shape index (κ1) is 13.6. The van der Waals surface area contributed by atoms with Gasteiger partial charge in [-0.25, -0.2) is 9.97 Å². The van der Waals surface area contributed by atoms with E-state index >= 15 is 0 Å². The Morgan fingerprint density at radius 1 is 1.14 bits per heavy atom. The molecule has 1 aliphatic rings. The molecule has 2 heterocycles. The zero-order valence-corrected chi connectivity index (χ0v) is 13.7. The molecule has 0 atom stereocenters. The molecule has 0 saturated heterocycles. The second kappa shape index (κ2) is 5.59. The van der Waals surface area contributed by atoms with Crippen LogP contribution in [0, 0.1) is 0 Å². The van der Waals surface area contributed by atoms with Crippen LogP contribution in [0.5, 0.6) is 0 Å². The highest BCUT2D eigenvalue weighted by molar-refractivity contribution is 7.98. The molecule has 2 nitrogen and oxygen atoms in total. The first-order chi connectivity index (χ1) is 10.3. The van der Waals surface area contributed by atoms with Crippen molar-refractivity contribution in [2.75, 3.05) is 0 Å². The maximum Gasteiger partial charge on any atom is 0.190 e. The van der Waals surface area contributed by atoms with E-state index in [2.05, 4.69) is 29.2 Å². The number of aryl methyl sites for hydroxylation is 2. The Morgan fingerprint density at radius 2 is 2.00 bits per heavy atom. The Morgan fingerprint density at radius 3 is 2.86 bits per heavy atom. The first-order valence-electron chi connectivity index (χ1n) is 6.96. The lowest BCUT2D eigenvalue weighted by molar-refractivity contribution is 0.915. The van der Waals surface area contributed by atoms with Gasteiger partial charge in [-0.3, -0.25) is 0 Å². The normalized spacial score (nSPS) is 13.8. The van der Waals surface area contributed by atoms with Crippen molar-refractivity contribution in [1.82, 2.24) is 9.97 Å². The minimum Gasteiger partial charge on any atom is -0.211 e. The molecule has 1 aromatic carbocycles. The number of rotatable bonds is 3. The standard InChI is InChI=1S/C16H13ClN2S2/c17-14-13-11-7-4-8-12(11)21-15(13)19-16(18-14)20-9-10-5-2-1-3-6-10/h1-3,5-6H,4,7-9H2. The van der Waals surface area contributed by atoms with Gasteiger partial charge in [-0.1, -0.05) is 53.7 Å². The number of thiophene rings is 1. The summed E-state index contributed by atoms with van der Waals surface area (Å²) in [5, 5.41) is 2.49. The van der Waals surface area contributed by atoms with Gasteiger partial charge < -0.3 is 0 Å². The van der Waals surface area contributed by atoms with Crippen molar-refractivity contribution in [3.05, 3.63) is 51.5 Å². The van der Waals surface area contributed by atoms with Crippen LogP contribution < -0.4 is 0 Å². The number of benzene rings is 1. The summed E-state index contributed by atoms with van der Waals surface area (Å²) in [5.74, 6) is 0.869. The predicted octanol–water partition coefficient (Wildman–Crippen LogP) is 5.13. The van der Waals surface area contributed by atoms with Crippen molar-refractivity contribution in [3.63, 3.8) is 0 Å². The highest BCUT2D eigenvalue weighted by Crippen LogP contribution is 2.40. The molecule has 0 fully saturated rings. The van der Waals surface area contributed by atoms with Gasteiger partial charge in [-0.15, -0.1) is 11.3 Å². The molecule has 0 unspecified atom stereocenters. The van der Waals surface area contributed by atoms with E-state index in [1.54, 1.807) is 23.1 Å². The molecular formula is C16H13ClN2S2. The molecule has 2 aromatic heterocycles. The highest BCUT2D eigenvalue weighted by Gasteiger charge is 2.21. The van der Waals surface area contributed by atoms with Gasteiger partial charge in [0.25, 0.3) is 0 Å². The van der Waals surface area contributed by atoms with Crippen molar-refractivity contribution in [3.8, 4) is 0 Å². The fourth-order valence-electron chi connectivity index (χ4n) is 2.72. The van der Waals surface area contributed by atoms with Crippen molar-refractivity contribution >= 4 is 44.9 Å². The summed E-state index contributed by atoms with van der Waals surface area (Å²) in [6, 6.07) is 10.4. The zero-order valence-electron chi connectivity index (χ0n) is 11.3. The molecule has 0 N–H and O–H groups in total. The molecule has 0 aliphatic heterocycles. The van der Waals surface area contributed by atoms with Crippen LogP contribution in [-0.4, -0.2) is 9.97 Å². The Balaban J connectivity index is 1.65. The predicted molar refractivity (Wildman–Crippen MR) is 90.5 cm³/mol. The van der Waals surface area contributed by atoms with Gasteiger partial charge in [0.15, 0.2) is 5.16 Å². The Labute approximate surface area is 136 Å². The Hall–Kier alpha value is -1.10. The van der Waals surface area contributed by atoms with Gasteiger partial charge >= 0.3 is 0 Å². The Kier molecular flexibility index (Phi) is 3.61. The van der Waals surface area contributed by atoms with E-state index < -0.39 is 0 Å². The molecule has 0 amide bonds. The van der Waals surface area contributed by atoms with Crippen LogP contribution in [0.1, 0.15) is 22.4 Å². The maximum absolute atomic E-state index is 6.41. The van der Waals surface area contributed by atoms with Crippen LogP contribution in [0.25, 0.3) is 10.2 Å². The van der Waals surface area contributed by atoms with E-state index in [4.69, 9.17) is 16.6 Å². The number of aromatic nitrogens is 2. The van der Waals surface area contributed by atoms with Gasteiger partial charge in [-0.05, 0) is 30.4 Å². The second-order valence-corrected chi connectivity index (χ2v) is 7.49. The fraction of sp³-hybridized carbons (Fsp3) is 0.250. The summed E-state index contributed by atoms with van der Waals surface area (Å²) in [5.41, 5.74) is 2.66. The molecule has 0 bridgehead atoms. The third-order valence-corrected chi connectivity index (χ3v) is 6.09. The van der Waals surface area contributed by atoms with Gasteiger partial charge in [0.2, 0.25) is 0 Å².